The number of nitrogens with zero attached hydrogens (tertiary/aromatic N) is 1. The summed E-state index contributed by atoms with van der Waals surface area (Å²) < 4.78 is 5.78. The second-order valence-electron chi connectivity index (χ2n) is 4.87. The average molecular weight is 234 g/mol. The molecule has 0 saturated heterocycles. The summed E-state index contributed by atoms with van der Waals surface area (Å²) in [5, 5.41) is 0. The highest BCUT2D eigenvalue weighted by Gasteiger charge is 2.22. The molecule has 0 aliphatic heterocycles. The molecule has 1 aliphatic rings. The van der Waals surface area contributed by atoms with Crippen molar-refractivity contribution in [3.05, 3.63) is 29.8 Å². The van der Waals surface area contributed by atoms with Crippen LogP contribution in [-0.2, 0) is 6.54 Å². The molecule has 3 nitrogen and oxygen atoms in total. The van der Waals surface area contributed by atoms with E-state index in [0.717, 1.165) is 30.4 Å². The fraction of sp³-hybridized carbons (Fsp3) is 0.571. The zero-order valence-corrected chi connectivity index (χ0v) is 10.6. The number of hydrogen-bond acceptors (Lipinski definition) is 3. The molecule has 0 unspecified atom stereocenters. The van der Waals surface area contributed by atoms with Crippen LogP contribution in [0.1, 0.15) is 18.4 Å². The SMILES string of the molecule is CN(CCOc1ccccc1CN)CC1CC1. The van der Waals surface area contributed by atoms with Crippen molar-refractivity contribution in [2.24, 2.45) is 11.7 Å². The van der Waals surface area contributed by atoms with Crippen LogP contribution in [0.25, 0.3) is 0 Å². The lowest BCUT2D eigenvalue weighted by atomic mass is 10.2. The molecule has 1 aromatic rings. The number of nitrogens with two attached hydrogens (primary N) is 1. The van der Waals surface area contributed by atoms with Crippen LogP contribution in [0.3, 0.4) is 0 Å². The summed E-state index contributed by atoms with van der Waals surface area (Å²) in [4.78, 5) is 2.35. The Kier molecular flexibility index (Phi) is 4.40. The van der Waals surface area contributed by atoms with Crippen molar-refractivity contribution in [3.8, 4) is 5.75 Å². The van der Waals surface area contributed by atoms with Gasteiger partial charge in [-0.1, -0.05) is 18.2 Å². The largest absolute Gasteiger partial charge is 0.492 e. The minimum Gasteiger partial charge on any atom is -0.492 e. The van der Waals surface area contributed by atoms with Gasteiger partial charge in [-0.15, -0.1) is 0 Å². The first-order chi connectivity index (χ1) is 8.29. The summed E-state index contributed by atoms with van der Waals surface area (Å²) in [6.45, 7) is 3.46. The van der Waals surface area contributed by atoms with E-state index in [-0.39, 0.29) is 0 Å². The summed E-state index contributed by atoms with van der Waals surface area (Å²) in [6, 6.07) is 7.99. The molecule has 1 fully saturated rings. The first-order valence-electron chi connectivity index (χ1n) is 6.39. The molecule has 0 heterocycles. The van der Waals surface area contributed by atoms with Crippen molar-refractivity contribution >= 4 is 0 Å². The van der Waals surface area contributed by atoms with Gasteiger partial charge in [0.2, 0.25) is 0 Å². The Balaban J connectivity index is 1.72. The number of likely N-dealkylation sites (N-methyl/N-ethyl adjacent to an activating group) is 1. The van der Waals surface area contributed by atoms with E-state index >= 15 is 0 Å². The molecule has 0 spiro atoms. The molecule has 0 bridgehead atoms. The highest BCUT2D eigenvalue weighted by molar-refractivity contribution is 5.32. The smallest absolute Gasteiger partial charge is 0.123 e. The fourth-order valence-corrected chi connectivity index (χ4v) is 1.96. The molecule has 2 rings (SSSR count). The van der Waals surface area contributed by atoms with Gasteiger partial charge in [-0.05, 0) is 31.9 Å². The van der Waals surface area contributed by atoms with Gasteiger partial charge >= 0.3 is 0 Å². The molecule has 3 heteroatoms. The molecule has 1 aliphatic carbocycles. The predicted molar refractivity (Wildman–Crippen MR) is 70.0 cm³/mol. The number of ether oxygens (including phenoxy) is 1. The van der Waals surface area contributed by atoms with Crippen LogP contribution in [0.2, 0.25) is 0 Å². The van der Waals surface area contributed by atoms with E-state index < -0.39 is 0 Å². The van der Waals surface area contributed by atoms with Crippen LogP contribution in [0.5, 0.6) is 5.75 Å². The number of para-hydroxylation sites is 1. The summed E-state index contributed by atoms with van der Waals surface area (Å²) in [5.41, 5.74) is 6.75. The molecular formula is C14H22N2O. The Bertz CT molecular complexity index is 350. The third-order valence-corrected chi connectivity index (χ3v) is 3.19. The highest BCUT2D eigenvalue weighted by Crippen LogP contribution is 2.29. The monoisotopic (exact) mass is 234 g/mol. The average Bonchev–Trinajstić information content (AvgIpc) is 3.13. The van der Waals surface area contributed by atoms with Crippen LogP contribution in [-0.4, -0.2) is 31.6 Å². The van der Waals surface area contributed by atoms with Crippen LogP contribution in [0.4, 0.5) is 0 Å². The van der Waals surface area contributed by atoms with E-state index in [1.54, 1.807) is 0 Å². The lowest BCUT2D eigenvalue weighted by Gasteiger charge is -2.17. The molecule has 0 aromatic heterocycles. The molecule has 2 N–H and O–H groups in total. The first kappa shape index (κ1) is 12.4. The van der Waals surface area contributed by atoms with Gasteiger partial charge in [0, 0.05) is 25.2 Å². The maximum absolute atomic E-state index is 5.78. The van der Waals surface area contributed by atoms with Gasteiger partial charge in [-0.3, -0.25) is 0 Å². The lowest BCUT2D eigenvalue weighted by Crippen LogP contribution is -2.26. The zero-order chi connectivity index (χ0) is 12.1. The lowest BCUT2D eigenvalue weighted by molar-refractivity contribution is 0.231. The minimum atomic E-state index is 0.536. The van der Waals surface area contributed by atoms with Gasteiger partial charge in [0.25, 0.3) is 0 Å². The summed E-state index contributed by atoms with van der Waals surface area (Å²) in [5.74, 6) is 1.87. The molecule has 1 aromatic carbocycles. The second-order valence-corrected chi connectivity index (χ2v) is 4.87. The van der Waals surface area contributed by atoms with Crippen molar-refractivity contribution in [1.29, 1.82) is 0 Å². The second kappa shape index (κ2) is 6.03. The van der Waals surface area contributed by atoms with E-state index in [0.29, 0.717) is 6.54 Å². The minimum absolute atomic E-state index is 0.536. The van der Waals surface area contributed by atoms with Crippen molar-refractivity contribution in [2.75, 3.05) is 26.7 Å². The van der Waals surface area contributed by atoms with Gasteiger partial charge in [0.1, 0.15) is 12.4 Å². The highest BCUT2D eigenvalue weighted by atomic mass is 16.5. The van der Waals surface area contributed by atoms with Crippen molar-refractivity contribution in [2.45, 2.75) is 19.4 Å². The fourth-order valence-electron chi connectivity index (χ4n) is 1.96. The quantitative estimate of drug-likeness (QED) is 0.782. The van der Waals surface area contributed by atoms with E-state index in [9.17, 15) is 0 Å². The first-order valence-corrected chi connectivity index (χ1v) is 6.39. The zero-order valence-electron chi connectivity index (χ0n) is 10.6. The van der Waals surface area contributed by atoms with Crippen molar-refractivity contribution < 1.29 is 4.74 Å². The third-order valence-electron chi connectivity index (χ3n) is 3.19. The Hall–Kier alpha value is -1.06. The Morgan fingerprint density at radius 3 is 2.82 bits per heavy atom. The normalized spacial score (nSPS) is 15.2. The number of hydrogen-bond donors (Lipinski definition) is 1. The molecular weight excluding hydrogens is 212 g/mol. The third kappa shape index (κ3) is 4.02. The molecule has 94 valence electrons. The van der Waals surface area contributed by atoms with Crippen LogP contribution < -0.4 is 10.5 Å². The maximum Gasteiger partial charge on any atom is 0.123 e. The van der Waals surface area contributed by atoms with E-state index in [2.05, 4.69) is 11.9 Å². The van der Waals surface area contributed by atoms with Gasteiger partial charge in [0.15, 0.2) is 0 Å². The Labute approximate surface area is 104 Å². The summed E-state index contributed by atoms with van der Waals surface area (Å²) >= 11 is 0. The van der Waals surface area contributed by atoms with Crippen LogP contribution in [0.15, 0.2) is 24.3 Å². The maximum atomic E-state index is 5.78. The van der Waals surface area contributed by atoms with Crippen molar-refractivity contribution in [3.63, 3.8) is 0 Å². The van der Waals surface area contributed by atoms with Crippen LogP contribution >= 0.6 is 0 Å². The molecule has 1 saturated carbocycles. The van der Waals surface area contributed by atoms with Gasteiger partial charge < -0.3 is 15.4 Å². The van der Waals surface area contributed by atoms with Gasteiger partial charge in [0.05, 0.1) is 0 Å². The van der Waals surface area contributed by atoms with E-state index in [4.69, 9.17) is 10.5 Å². The standard InChI is InChI=1S/C14H22N2O/c1-16(11-12-6-7-12)8-9-17-14-5-3-2-4-13(14)10-15/h2-5,12H,6-11,15H2,1H3. The van der Waals surface area contributed by atoms with E-state index in [1.165, 1.54) is 19.4 Å². The van der Waals surface area contributed by atoms with Gasteiger partial charge in [-0.25, -0.2) is 0 Å². The Morgan fingerprint density at radius 1 is 1.35 bits per heavy atom. The molecule has 0 atom stereocenters. The number of rotatable bonds is 7. The van der Waals surface area contributed by atoms with E-state index in [1.807, 2.05) is 24.3 Å². The van der Waals surface area contributed by atoms with Crippen LogP contribution in [0, 0.1) is 5.92 Å². The predicted octanol–water partition coefficient (Wildman–Crippen LogP) is 1.87. The molecule has 17 heavy (non-hydrogen) atoms. The topological polar surface area (TPSA) is 38.5 Å². The molecule has 0 amide bonds. The Morgan fingerprint density at radius 2 is 2.12 bits per heavy atom. The molecule has 0 radical (unpaired) electrons. The summed E-state index contributed by atoms with van der Waals surface area (Å²) in [6.07, 6.45) is 2.81. The number of benzene rings is 1. The summed E-state index contributed by atoms with van der Waals surface area (Å²) in [7, 11) is 2.16. The van der Waals surface area contributed by atoms with Crippen molar-refractivity contribution in [1.82, 2.24) is 4.90 Å². The van der Waals surface area contributed by atoms with Gasteiger partial charge in [-0.2, -0.15) is 0 Å².